The molecule has 2 aliphatic rings. The van der Waals surface area contributed by atoms with Crippen LogP contribution in [0.4, 0.5) is 0 Å². The number of carbonyl (C=O) groups is 1. The molecule has 0 saturated carbocycles. The van der Waals surface area contributed by atoms with Gasteiger partial charge in [0, 0.05) is 27.7 Å². The molecule has 1 aromatic heterocycles. The number of ether oxygens (including phenoxy) is 1. The van der Waals surface area contributed by atoms with Crippen molar-refractivity contribution in [2.24, 2.45) is 0 Å². The summed E-state index contributed by atoms with van der Waals surface area (Å²) in [7, 11) is 0. The molecule has 0 amide bonds. The molecule has 7 aromatic rings. The molecule has 6 aromatic carbocycles. The first kappa shape index (κ1) is 32.9. The minimum atomic E-state index is -0.370. The molecule has 53 heavy (non-hydrogen) atoms. The highest BCUT2D eigenvalue weighted by Crippen LogP contribution is 2.51. The largest absolute Gasteiger partial charge is 0.463 e. The van der Waals surface area contributed by atoms with Crippen LogP contribution in [-0.4, -0.2) is 12.6 Å². The van der Waals surface area contributed by atoms with Gasteiger partial charge in [-0.25, -0.2) is 4.79 Å². The molecule has 0 atom stereocenters. The minimum absolute atomic E-state index is 0.0988. The Bertz CT molecular complexity index is 2680. The molecule has 0 saturated heterocycles. The van der Waals surface area contributed by atoms with Gasteiger partial charge in [-0.05, 0) is 127 Å². The molecule has 9 rings (SSSR count). The van der Waals surface area contributed by atoms with Gasteiger partial charge in [0.1, 0.15) is 11.2 Å². The summed E-state index contributed by atoms with van der Waals surface area (Å²) in [6, 6.07) is 40.5. The van der Waals surface area contributed by atoms with Gasteiger partial charge in [0.15, 0.2) is 0 Å². The molecule has 0 radical (unpaired) electrons. The maximum absolute atomic E-state index is 11.4. The topological polar surface area (TPSA) is 39.4 Å². The molecule has 3 nitrogen and oxygen atoms in total. The van der Waals surface area contributed by atoms with E-state index in [1.54, 1.807) is 0 Å². The average molecular weight is 691 g/mol. The van der Waals surface area contributed by atoms with Crippen molar-refractivity contribution in [3.8, 4) is 44.5 Å². The maximum atomic E-state index is 11.4. The Hall–Kier alpha value is -5.93. The smallest absolute Gasteiger partial charge is 0.330 e. The number of hydrogen-bond donors (Lipinski definition) is 0. The number of aryl methyl sites for hydroxylation is 1. The van der Waals surface area contributed by atoms with E-state index in [2.05, 4.69) is 150 Å². The third-order valence-electron chi connectivity index (χ3n) is 11.8. The van der Waals surface area contributed by atoms with Gasteiger partial charge in [-0.1, -0.05) is 120 Å². The van der Waals surface area contributed by atoms with Crippen LogP contribution in [0.15, 0.2) is 133 Å². The Morgan fingerprint density at radius 1 is 0.604 bits per heavy atom. The molecule has 260 valence electrons. The second-order valence-electron chi connectivity index (χ2n) is 15.7. The van der Waals surface area contributed by atoms with Crippen molar-refractivity contribution < 1.29 is 13.9 Å². The van der Waals surface area contributed by atoms with Crippen molar-refractivity contribution in [1.82, 2.24) is 0 Å². The SMILES string of the molecule is C=CC(=O)OCCCc1ccc2c(c1)C(C)(C)c1cc(-c3ccc4oc5ccc(-c6ccc7c(c6)C(C)(C)c6cc(C=C)ccc6-7)cc5c4c3)ccc1-2. The number of fused-ring (bicyclic) bond motifs is 9. The standard InChI is InChI=1S/C50H42O3/c1-7-30-11-17-36-38-19-13-34(28-44(38)49(3,4)42(36)24-30)32-15-21-46-40(26-32)41-27-33(16-22-47(41)53-46)35-14-20-39-37-18-12-31(10-9-23-52-48(51)8-2)25-43(37)50(5,6)45(39)29-35/h7-8,11-22,24-29H,1-2,9-10,23H2,3-6H3. The number of rotatable bonds is 8. The van der Waals surface area contributed by atoms with Crippen LogP contribution in [0, 0.1) is 0 Å². The van der Waals surface area contributed by atoms with Crippen LogP contribution in [0.3, 0.4) is 0 Å². The van der Waals surface area contributed by atoms with Crippen molar-refractivity contribution in [2.75, 3.05) is 6.61 Å². The molecule has 1 heterocycles. The lowest BCUT2D eigenvalue weighted by Gasteiger charge is -2.22. The van der Waals surface area contributed by atoms with Gasteiger partial charge in [-0.3, -0.25) is 0 Å². The Balaban J connectivity index is 1.04. The third-order valence-corrected chi connectivity index (χ3v) is 11.8. The molecule has 0 fully saturated rings. The maximum Gasteiger partial charge on any atom is 0.330 e. The van der Waals surface area contributed by atoms with Crippen molar-refractivity contribution in [2.45, 2.75) is 51.4 Å². The number of esters is 1. The first-order valence-corrected chi connectivity index (χ1v) is 18.5. The van der Waals surface area contributed by atoms with E-state index in [9.17, 15) is 4.79 Å². The summed E-state index contributed by atoms with van der Waals surface area (Å²) in [5, 5.41) is 2.25. The monoisotopic (exact) mass is 690 g/mol. The zero-order valence-electron chi connectivity index (χ0n) is 30.8. The predicted octanol–water partition coefficient (Wildman–Crippen LogP) is 12.8. The van der Waals surface area contributed by atoms with E-state index in [-0.39, 0.29) is 16.8 Å². The van der Waals surface area contributed by atoms with Crippen molar-refractivity contribution >= 4 is 34.0 Å². The Morgan fingerprint density at radius 2 is 1.08 bits per heavy atom. The number of hydrogen-bond acceptors (Lipinski definition) is 3. The highest BCUT2D eigenvalue weighted by Gasteiger charge is 2.37. The van der Waals surface area contributed by atoms with Crippen LogP contribution < -0.4 is 0 Å². The van der Waals surface area contributed by atoms with Gasteiger partial charge < -0.3 is 9.15 Å². The second kappa shape index (κ2) is 12.1. The Morgan fingerprint density at radius 3 is 1.62 bits per heavy atom. The van der Waals surface area contributed by atoms with Crippen LogP contribution in [0.25, 0.3) is 72.5 Å². The van der Waals surface area contributed by atoms with E-state index in [1.807, 2.05) is 6.08 Å². The quantitative estimate of drug-likeness (QED) is 0.0905. The summed E-state index contributed by atoms with van der Waals surface area (Å²) in [5.74, 6) is -0.370. The van der Waals surface area contributed by atoms with Gasteiger partial charge in [0.2, 0.25) is 0 Å². The fraction of sp³-hybridized carbons (Fsp3) is 0.180. The molecular formula is C50H42O3. The minimum Gasteiger partial charge on any atom is -0.463 e. The lowest BCUT2D eigenvalue weighted by atomic mass is 9.81. The molecule has 0 bridgehead atoms. The Kier molecular flexibility index (Phi) is 7.50. The van der Waals surface area contributed by atoms with Crippen LogP contribution in [0.2, 0.25) is 0 Å². The van der Waals surface area contributed by atoms with E-state index < -0.39 is 0 Å². The fourth-order valence-electron chi connectivity index (χ4n) is 8.83. The van der Waals surface area contributed by atoms with E-state index in [0.29, 0.717) is 6.61 Å². The first-order valence-electron chi connectivity index (χ1n) is 18.5. The van der Waals surface area contributed by atoms with Crippen molar-refractivity contribution in [3.63, 3.8) is 0 Å². The molecule has 0 N–H and O–H groups in total. The summed E-state index contributed by atoms with van der Waals surface area (Å²) in [6.07, 6.45) is 4.77. The first-order chi connectivity index (χ1) is 25.6. The second-order valence-corrected chi connectivity index (χ2v) is 15.7. The van der Waals surface area contributed by atoms with Crippen molar-refractivity contribution in [1.29, 1.82) is 0 Å². The molecule has 2 aliphatic carbocycles. The zero-order chi connectivity index (χ0) is 36.6. The summed E-state index contributed by atoms with van der Waals surface area (Å²) >= 11 is 0. The lowest BCUT2D eigenvalue weighted by Crippen LogP contribution is -2.15. The summed E-state index contributed by atoms with van der Waals surface area (Å²) in [6.45, 7) is 17.2. The van der Waals surface area contributed by atoms with E-state index in [0.717, 1.165) is 40.3 Å². The van der Waals surface area contributed by atoms with Gasteiger partial charge >= 0.3 is 5.97 Å². The molecule has 3 heteroatoms. The average Bonchev–Trinajstić information content (AvgIpc) is 3.74. The van der Waals surface area contributed by atoms with Gasteiger partial charge in [0.25, 0.3) is 0 Å². The van der Waals surface area contributed by atoms with Gasteiger partial charge in [0.05, 0.1) is 6.61 Å². The lowest BCUT2D eigenvalue weighted by molar-refractivity contribution is -0.137. The highest BCUT2D eigenvalue weighted by molar-refractivity contribution is 6.08. The van der Waals surface area contributed by atoms with E-state index >= 15 is 0 Å². The summed E-state index contributed by atoms with van der Waals surface area (Å²) in [5.41, 5.74) is 19.3. The molecule has 0 unspecified atom stereocenters. The van der Waals surface area contributed by atoms with Crippen molar-refractivity contribution in [3.05, 3.63) is 162 Å². The van der Waals surface area contributed by atoms with Crippen LogP contribution in [0.5, 0.6) is 0 Å². The van der Waals surface area contributed by atoms with Crippen LogP contribution in [0.1, 0.15) is 67.5 Å². The molecular weight excluding hydrogens is 649 g/mol. The van der Waals surface area contributed by atoms with E-state index in [1.165, 1.54) is 78.4 Å². The van der Waals surface area contributed by atoms with Gasteiger partial charge in [-0.2, -0.15) is 0 Å². The predicted molar refractivity (Wildman–Crippen MR) is 219 cm³/mol. The van der Waals surface area contributed by atoms with Gasteiger partial charge in [-0.15, -0.1) is 0 Å². The number of benzene rings is 6. The molecule has 0 spiro atoms. The van der Waals surface area contributed by atoms with E-state index in [4.69, 9.17) is 9.15 Å². The molecule has 0 aliphatic heterocycles. The summed E-state index contributed by atoms with van der Waals surface area (Å²) in [4.78, 5) is 11.4. The summed E-state index contributed by atoms with van der Waals surface area (Å²) < 4.78 is 11.6. The van der Waals surface area contributed by atoms with Crippen LogP contribution >= 0.6 is 0 Å². The normalized spacial score (nSPS) is 14.4. The fourth-order valence-corrected chi connectivity index (χ4v) is 8.83. The Labute approximate surface area is 311 Å². The number of furan rings is 1. The number of carbonyl (C=O) groups excluding carboxylic acids is 1. The highest BCUT2D eigenvalue weighted by atomic mass is 16.5. The third kappa shape index (κ3) is 5.21. The zero-order valence-corrected chi connectivity index (χ0v) is 30.8. The van der Waals surface area contributed by atoms with Crippen LogP contribution in [-0.2, 0) is 26.8 Å².